The molecule has 2 nitrogen and oxygen atoms in total. The Morgan fingerprint density at radius 1 is 1.42 bits per heavy atom. The normalized spacial score (nSPS) is 9.00. The first kappa shape index (κ1) is 8.75. The van der Waals surface area contributed by atoms with Gasteiger partial charge in [0, 0.05) is 5.56 Å². The Kier molecular flexibility index (Phi) is 2.83. The van der Waals surface area contributed by atoms with E-state index in [1.54, 1.807) is 0 Å². The highest BCUT2D eigenvalue weighted by molar-refractivity contribution is 8.09. The summed E-state index contributed by atoms with van der Waals surface area (Å²) < 4.78 is 11.8. The number of carbonyl (C=O) groups excluding carboxylic acids is 1. The van der Waals surface area contributed by atoms with Crippen LogP contribution in [0.5, 0.6) is 0 Å². The first-order chi connectivity index (χ1) is 5.77. The van der Waals surface area contributed by atoms with E-state index in [9.17, 15) is 8.68 Å². The van der Waals surface area contributed by atoms with Crippen LogP contribution >= 0.6 is 12.1 Å². The topological polar surface area (TPSA) is 40.9 Å². The molecule has 0 N–H and O–H groups in total. The zero-order valence-corrected chi connectivity index (χ0v) is 6.77. The number of benzene rings is 1. The fourth-order valence-electron chi connectivity index (χ4n) is 0.725. The zero-order chi connectivity index (χ0) is 8.97. The molecule has 0 aliphatic rings. The summed E-state index contributed by atoms with van der Waals surface area (Å²) in [6, 6.07) is 7.70. The number of halogens is 1. The summed E-state index contributed by atoms with van der Waals surface area (Å²) in [6.07, 6.45) is 0. The summed E-state index contributed by atoms with van der Waals surface area (Å²) in [5, 5.41) is 7.77. The maximum absolute atomic E-state index is 11.8. The molecule has 1 rings (SSSR count). The highest BCUT2D eigenvalue weighted by Crippen LogP contribution is 2.13. The van der Waals surface area contributed by atoms with E-state index in [0.717, 1.165) is 0 Å². The summed E-state index contributed by atoms with van der Waals surface area (Å²) in [5.74, 6) is 0. The van der Waals surface area contributed by atoms with E-state index >= 15 is 0 Å². The van der Waals surface area contributed by atoms with Crippen molar-refractivity contribution < 1.29 is 8.68 Å². The molecular formula is C8H4FNOS. The Balaban J connectivity index is 2.94. The van der Waals surface area contributed by atoms with Crippen molar-refractivity contribution in [2.24, 2.45) is 0 Å². The predicted octanol–water partition coefficient (Wildman–Crippen LogP) is 2.32. The third-order valence-electron chi connectivity index (χ3n) is 1.32. The minimum atomic E-state index is -0.639. The first-order valence-electron chi connectivity index (χ1n) is 3.11. The number of nitriles is 1. The molecule has 0 aliphatic carbocycles. The third-order valence-corrected chi connectivity index (χ3v) is 1.70. The Morgan fingerprint density at radius 3 is 2.42 bits per heavy atom. The van der Waals surface area contributed by atoms with Gasteiger partial charge in [0.05, 0.1) is 11.6 Å². The molecule has 0 fully saturated rings. The second-order valence-corrected chi connectivity index (χ2v) is 2.58. The molecule has 12 heavy (non-hydrogen) atoms. The summed E-state index contributed by atoms with van der Waals surface area (Å²) in [4.78, 5) is 10.7. The maximum atomic E-state index is 11.8. The fourth-order valence-corrected chi connectivity index (χ4v) is 0.951. The van der Waals surface area contributed by atoms with Crippen LogP contribution in [0.15, 0.2) is 24.3 Å². The molecule has 1 aromatic rings. The van der Waals surface area contributed by atoms with E-state index < -0.39 is 5.12 Å². The van der Waals surface area contributed by atoms with E-state index in [1.165, 1.54) is 24.3 Å². The highest BCUT2D eigenvalue weighted by Gasteiger charge is 2.05. The van der Waals surface area contributed by atoms with Crippen LogP contribution in [0, 0.1) is 11.3 Å². The Bertz CT molecular complexity index is 328. The number of rotatable bonds is 1. The van der Waals surface area contributed by atoms with Gasteiger partial charge in [-0.15, -0.1) is 0 Å². The molecule has 1 aromatic carbocycles. The third kappa shape index (κ3) is 1.83. The van der Waals surface area contributed by atoms with E-state index in [-0.39, 0.29) is 17.7 Å². The van der Waals surface area contributed by atoms with Crippen molar-refractivity contribution in [3.05, 3.63) is 35.4 Å². The number of carbonyl (C=O) groups is 1. The van der Waals surface area contributed by atoms with Crippen molar-refractivity contribution >= 4 is 17.3 Å². The van der Waals surface area contributed by atoms with Crippen LogP contribution in [0.25, 0.3) is 0 Å². The number of nitrogens with zero attached hydrogens (tertiary/aromatic N) is 1. The lowest BCUT2D eigenvalue weighted by Crippen LogP contribution is -1.89. The van der Waals surface area contributed by atoms with E-state index in [0.29, 0.717) is 5.56 Å². The molecule has 0 bridgehead atoms. The Labute approximate surface area is 73.3 Å². The molecule has 0 aliphatic heterocycles. The molecule has 0 amide bonds. The molecule has 60 valence electrons. The average Bonchev–Trinajstić information content (AvgIpc) is 2.17. The first-order valence-corrected chi connectivity index (χ1v) is 3.82. The van der Waals surface area contributed by atoms with Crippen molar-refractivity contribution in [1.29, 1.82) is 5.26 Å². The van der Waals surface area contributed by atoms with Crippen LogP contribution in [-0.4, -0.2) is 5.12 Å². The standard InChI is InChI=1S/C8H4FNOS/c9-12-8(11)7-3-1-6(5-10)2-4-7/h1-4H. The summed E-state index contributed by atoms with van der Waals surface area (Å²) in [7, 11) is 0. The van der Waals surface area contributed by atoms with E-state index in [2.05, 4.69) is 0 Å². The van der Waals surface area contributed by atoms with Crippen LogP contribution in [-0.2, 0) is 0 Å². The van der Waals surface area contributed by atoms with Crippen LogP contribution in [0.4, 0.5) is 3.89 Å². The van der Waals surface area contributed by atoms with Gasteiger partial charge < -0.3 is 0 Å². The molecule has 0 atom stereocenters. The molecule has 0 radical (unpaired) electrons. The molecule has 0 saturated carbocycles. The monoisotopic (exact) mass is 181 g/mol. The smallest absolute Gasteiger partial charge is 0.251 e. The van der Waals surface area contributed by atoms with Gasteiger partial charge in [-0.25, -0.2) is 0 Å². The van der Waals surface area contributed by atoms with Crippen molar-refractivity contribution in [2.75, 3.05) is 0 Å². The minimum absolute atomic E-state index is 0.265. The molecule has 0 spiro atoms. The fraction of sp³-hybridized carbons (Fsp3) is 0. The van der Waals surface area contributed by atoms with Crippen molar-refractivity contribution in [1.82, 2.24) is 0 Å². The molecule has 0 saturated heterocycles. The molecule has 0 unspecified atom stereocenters. The van der Waals surface area contributed by atoms with Crippen LogP contribution in [0.3, 0.4) is 0 Å². The van der Waals surface area contributed by atoms with E-state index in [1.807, 2.05) is 6.07 Å². The van der Waals surface area contributed by atoms with Gasteiger partial charge in [-0.2, -0.15) is 9.15 Å². The Morgan fingerprint density at radius 2 is 2.00 bits per heavy atom. The van der Waals surface area contributed by atoms with Gasteiger partial charge in [-0.05, 0) is 24.3 Å². The minimum Gasteiger partial charge on any atom is -0.279 e. The molecule has 0 heterocycles. The molecule has 0 aromatic heterocycles. The number of hydrogen-bond donors (Lipinski definition) is 0. The van der Waals surface area contributed by atoms with E-state index in [4.69, 9.17) is 5.26 Å². The van der Waals surface area contributed by atoms with Crippen LogP contribution < -0.4 is 0 Å². The highest BCUT2D eigenvalue weighted by atomic mass is 32.2. The second kappa shape index (κ2) is 3.88. The van der Waals surface area contributed by atoms with Gasteiger partial charge in [-0.1, -0.05) is 0 Å². The summed E-state index contributed by atoms with van der Waals surface area (Å²) in [6.45, 7) is 0. The van der Waals surface area contributed by atoms with Crippen molar-refractivity contribution in [3.63, 3.8) is 0 Å². The van der Waals surface area contributed by atoms with Gasteiger partial charge in [0.2, 0.25) is 0 Å². The van der Waals surface area contributed by atoms with Crippen molar-refractivity contribution in [3.8, 4) is 6.07 Å². The quantitative estimate of drug-likeness (QED) is 0.667. The van der Waals surface area contributed by atoms with Crippen molar-refractivity contribution in [2.45, 2.75) is 0 Å². The van der Waals surface area contributed by atoms with Gasteiger partial charge in [0.15, 0.2) is 0 Å². The lowest BCUT2D eigenvalue weighted by atomic mass is 10.2. The summed E-state index contributed by atoms with van der Waals surface area (Å²) >= 11 is -0.330. The lowest BCUT2D eigenvalue weighted by Gasteiger charge is -1.93. The van der Waals surface area contributed by atoms with Gasteiger partial charge in [0.25, 0.3) is 5.12 Å². The maximum Gasteiger partial charge on any atom is 0.251 e. The van der Waals surface area contributed by atoms with Gasteiger partial charge >= 0.3 is 0 Å². The van der Waals surface area contributed by atoms with Crippen LogP contribution in [0.1, 0.15) is 15.9 Å². The zero-order valence-electron chi connectivity index (χ0n) is 5.95. The molecule has 4 heteroatoms. The number of hydrogen-bond acceptors (Lipinski definition) is 3. The summed E-state index contributed by atoms with van der Waals surface area (Å²) in [5.41, 5.74) is 0.719. The van der Waals surface area contributed by atoms with Gasteiger partial charge in [0.1, 0.15) is 12.1 Å². The lowest BCUT2D eigenvalue weighted by molar-refractivity contribution is 0.108. The van der Waals surface area contributed by atoms with Gasteiger partial charge in [-0.3, -0.25) is 4.79 Å². The second-order valence-electron chi connectivity index (χ2n) is 2.05. The predicted molar refractivity (Wildman–Crippen MR) is 44.2 cm³/mol. The molecular weight excluding hydrogens is 177 g/mol. The van der Waals surface area contributed by atoms with Crippen LogP contribution in [0.2, 0.25) is 0 Å². The average molecular weight is 181 g/mol. The largest absolute Gasteiger partial charge is 0.279 e. The SMILES string of the molecule is N#Cc1ccc(C(=O)SF)cc1. The Hall–Kier alpha value is -1.34.